The van der Waals surface area contributed by atoms with Crippen molar-refractivity contribution in [3.8, 4) is 5.75 Å². The minimum atomic E-state index is -1.10. The van der Waals surface area contributed by atoms with Gasteiger partial charge in [-0.25, -0.2) is 0 Å². The summed E-state index contributed by atoms with van der Waals surface area (Å²) in [5.41, 5.74) is -0.241. The van der Waals surface area contributed by atoms with Gasteiger partial charge in [-0.15, -0.1) is 0 Å². The van der Waals surface area contributed by atoms with Crippen LogP contribution in [0.4, 0.5) is 0 Å². The number of carbonyl (C=O) groups is 2. The van der Waals surface area contributed by atoms with Gasteiger partial charge in [0.15, 0.2) is 0 Å². The van der Waals surface area contributed by atoms with E-state index in [2.05, 4.69) is 5.10 Å². The number of para-hydroxylation sites is 1. The van der Waals surface area contributed by atoms with Crippen LogP contribution in [0.2, 0.25) is 5.02 Å². The molecule has 1 fully saturated rings. The molecular formula is C18H18ClN3O4. The van der Waals surface area contributed by atoms with Crippen LogP contribution in [0, 0.1) is 5.41 Å². The molecule has 0 bridgehead atoms. The van der Waals surface area contributed by atoms with Gasteiger partial charge in [0, 0.05) is 43.7 Å². The Labute approximate surface area is 155 Å². The summed E-state index contributed by atoms with van der Waals surface area (Å²) in [7, 11) is 0. The largest absolute Gasteiger partial charge is 0.492 e. The van der Waals surface area contributed by atoms with Crippen LogP contribution in [0.3, 0.4) is 0 Å². The first-order chi connectivity index (χ1) is 12.5. The smallest absolute Gasteiger partial charge is 0.315 e. The first-order valence-electron chi connectivity index (χ1n) is 8.40. The molecule has 0 unspecified atom stereocenters. The predicted octanol–water partition coefficient (Wildman–Crippen LogP) is 2.02. The highest BCUT2D eigenvalue weighted by molar-refractivity contribution is 6.30. The highest BCUT2D eigenvalue weighted by Crippen LogP contribution is 2.49. The van der Waals surface area contributed by atoms with Gasteiger partial charge in [-0.2, -0.15) is 5.10 Å². The minimum absolute atomic E-state index is 0.0720. The Hall–Kier alpha value is -2.54. The summed E-state index contributed by atoms with van der Waals surface area (Å²) < 4.78 is 7.32. The third-order valence-electron chi connectivity index (χ3n) is 5.26. The van der Waals surface area contributed by atoms with Crippen molar-refractivity contribution in [3.63, 3.8) is 0 Å². The van der Waals surface area contributed by atoms with Crippen molar-refractivity contribution >= 4 is 23.5 Å². The van der Waals surface area contributed by atoms with E-state index in [1.165, 1.54) is 6.20 Å². The van der Waals surface area contributed by atoms with Crippen LogP contribution in [0.25, 0.3) is 0 Å². The van der Waals surface area contributed by atoms with Crippen LogP contribution in [-0.2, 0) is 16.1 Å². The summed E-state index contributed by atoms with van der Waals surface area (Å²) in [5.74, 6) is -0.585. The summed E-state index contributed by atoms with van der Waals surface area (Å²) >= 11 is 5.83. The fourth-order valence-corrected chi connectivity index (χ4v) is 4.01. The second-order valence-electron chi connectivity index (χ2n) is 6.79. The molecule has 2 aliphatic heterocycles. The molecule has 0 aliphatic carbocycles. The van der Waals surface area contributed by atoms with Gasteiger partial charge in [0.25, 0.3) is 0 Å². The average Bonchev–Trinajstić information content (AvgIpc) is 3.24. The first kappa shape index (κ1) is 16.9. The lowest BCUT2D eigenvalue weighted by Crippen LogP contribution is -2.46. The molecule has 1 amide bonds. The topological polar surface area (TPSA) is 84.7 Å². The first-order valence-corrected chi connectivity index (χ1v) is 8.78. The Morgan fingerprint density at radius 2 is 2.19 bits per heavy atom. The van der Waals surface area contributed by atoms with Crippen LogP contribution in [0.1, 0.15) is 17.9 Å². The Kier molecular flexibility index (Phi) is 4.11. The zero-order valence-corrected chi connectivity index (χ0v) is 14.7. The van der Waals surface area contributed by atoms with Crippen molar-refractivity contribution in [1.82, 2.24) is 14.7 Å². The van der Waals surface area contributed by atoms with E-state index >= 15 is 0 Å². The van der Waals surface area contributed by atoms with E-state index in [9.17, 15) is 14.7 Å². The summed E-state index contributed by atoms with van der Waals surface area (Å²) in [4.78, 5) is 26.4. The molecule has 1 saturated heterocycles. The van der Waals surface area contributed by atoms with E-state index in [1.54, 1.807) is 15.8 Å². The number of carboxylic acids is 1. The quantitative estimate of drug-likeness (QED) is 0.883. The maximum absolute atomic E-state index is 12.7. The molecule has 0 spiro atoms. The lowest BCUT2D eigenvalue weighted by atomic mass is 9.73. The second kappa shape index (κ2) is 6.32. The maximum atomic E-state index is 12.7. The van der Waals surface area contributed by atoms with Crippen molar-refractivity contribution in [2.75, 3.05) is 19.7 Å². The van der Waals surface area contributed by atoms with Gasteiger partial charge >= 0.3 is 5.97 Å². The number of amides is 1. The van der Waals surface area contributed by atoms with Crippen molar-refractivity contribution in [3.05, 3.63) is 47.2 Å². The number of aromatic nitrogens is 2. The molecular weight excluding hydrogens is 358 g/mol. The maximum Gasteiger partial charge on any atom is 0.315 e. The fraction of sp³-hybridized carbons (Fsp3) is 0.389. The number of aryl methyl sites for hydroxylation is 1. The van der Waals surface area contributed by atoms with Crippen LogP contribution in [-0.4, -0.2) is 51.4 Å². The summed E-state index contributed by atoms with van der Waals surface area (Å²) in [5, 5.41) is 14.5. The molecule has 0 saturated carbocycles. The minimum Gasteiger partial charge on any atom is -0.492 e. The third-order valence-corrected chi connectivity index (χ3v) is 5.45. The summed E-state index contributed by atoms with van der Waals surface area (Å²) in [6.07, 6.45) is 3.41. The summed E-state index contributed by atoms with van der Waals surface area (Å²) in [6.45, 7) is 1.01. The molecule has 1 aromatic heterocycles. The van der Waals surface area contributed by atoms with E-state index in [0.29, 0.717) is 23.9 Å². The van der Waals surface area contributed by atoms with Crippen molar-refractivity contribution in [1.29, 1.82) is 0 Å². The van der Waals surface area contributed by atoms with Gasteiger partial charge in [-0.3, -0.25) is 14.3 Å². The number of nitrogens with zero attached hydrogens (tertiary/aromatic N) is 3. The van der Waals surface area contributed by atoms with Gasteiger partial charge in [-0.05, 0) is 6.07 Å². The standard InChI is InChI=1S/C18H18ClN3O4/c19-12-7-20-22(8-12)6-5-16(23)21-9-14-13-3-1-2-4-15(13)26-11-18(14,10-21)17(24)25/h1-4,7-8,14H,5-6,9-11H2,(H,24,25)/t14-,18-/m1/s1. The predicted molar refractivity (Wildman–Crippen MR) is 93.2 cm³/mol. The zero-order valence-electron chi connectivity index (χ0n) is 14.0. The highest BCUT2D eigenvalue weighted by Gasteiger charge is 2.57. The second-order valence-corrected chi connectivity index (χ2v) is 7.22. The molecule has 2 aromatic rings. The van der Waals surface area contributed by atoms with E-state index in [1.807, 2.05) is 24.3 Å². The lowest BCUT2D eigenvalue weighted by molar-refractivity contribution is -0.152. The number of halogens is 1. The van der Waals surface area contributed by atoms with Gasteiger partial charge in [0.2, 0.25) is 5.91 Å². The Morgan fingerprint density at radius 1 is 1.38 bits per heavy atom. The SMILES string of the molecule is O=C(CCn1cc(Cl)cn1)N1C[C@@H]2c3ccccc3OC[C@]2(C(=O)O)C1. The Morgan fingerprint density at radius 3 is 2.92 bits per heavy atom. The van der Waals surface area contributed by atoms with Crippen LogP contribution < -0.4 is 4.74 Å². The molecule has 1 aromatic carbocycles. The highest BCUT2D eigenvalue weighted by atomic mass is 35.5. The van der Waals surface area contributed by atoms with E-state index in [-0.39, 0.29) is 31.4 Å². The van der Waals surface area contributed by atoms with E-state index in [0.717, 1.165) is 5.56 Å². The molecule has 26 heavy (non-hydrogen) atoms. The van der Waals surface area contributed by atoms with Gasteiger partial charge in [-0.1, -0.05) is 29.8 Å². The molecule has 1 N–H and O–H groups in total. The van der Waals surface area contributed by atoms with Crippen LogP contribution in [0.15, 0.2) is 36.7 Å². The Balaban J connectivity index is 1.53. The number of carboxylic acid groups (broad SMARTS) is 1. The number of ether oxygens (including phenoxy) is 1. The van der Waals surface area contributed by atoms with Crippen molar-refractivity contribution < 1.29 is 19.4 Å². The van der Waals surface area contributed by atoms with Crippen molar-refractivity contribution in [2.24, 2.45) is 5.41 Å². The average molecular weight is 376 g/mol. The van der Waals surface area contributed by atoms with E-state index in [4.69, 9.17) is 16.3 Å². The van der Waals surface area contributed by atoms with Gasteiger partial charge in [0.1, 0.15) is 17.8 Å². The zero-order chi connectivity index (χ0) is 18.3. The van der Waals surface area contributed by atoms with Gasteiger partial charge in [0.05, 0.1) is 11.2 Å². The Bertz CT molecular complexity index is 868. The molecule has 0 radical (unpaired) electrons. The molecule has 3 heterocycles. The third kappa shape index (κ3) is 2.72. The number of aliphatic carboxylic acids is 1. The van der Waals surface area contributed by atoms with Crippen LogP contribution >= 0.6 is 11.6 Å². The van der Waals surface area contributed by atoms with Crippen molar-refractivity contribution in [2.45, 2.75) is 18.9 Å². The molecule has 136 valence electrons. The lowest BCUT2D eigenvalue weighted by Gasteiger charge is -2.35. The number of hydrogen-bond acceptors (Lipinski definition) is 4. The molecule has 2 aliphatic rings. The number of rotatable bonds is 4. The molecule has 4 rings (SSSR count). The number of fused-ring (bicyclic) bond motifs is 3. The molecule has 2 atom stereocenters. The number of carbonyl (C=O) groups excluding carboxylic acids is 1. The number of likely N-dealkylation sites (tertiary alicyclic amines) is 1. The molecule has 7 nitrogen and oxygen atoms in total. The number of hydrogen-bond donors (Lipinski definition) is 1. The normalized spacial score (nSPS) is 23.9. The summed E-state index contributed by atoms with van der Waals surface area (Å²) in [6, 6.07) is 7.45. The number of benzene rings is 1. The van der Waals surface area contributed by atoms with Crippen LogP contribution in [0.5, 0.6) is 5.75 Å². The fourth-order valence-electron chi connectivity index (χ4n) is 3.86. The molecule has 8 heteroatoms. The van der Waals surface area contributed by atoms with E-state index < -0.39 is 11.4 Å². The van der Waals surface area contributed by atoms with Gasteiger partial charge < -0.3 is 14.7 Å². The monoisotopic (exact) mass is 375 g/mol.